The summed E-state index contributed by atoms with van der Waals surface area (Å²) < 4.78 is 126. The Bertz CT molecular complexity index is 1970. The van der Waals surface area contributed by atoms with Crippen LogP contribution in [-0.4, -0.2) is 53.8 Å². The van der Waals surface area contributed by atoms with E-state index in [1.165, 1.54) is 26.0 Å². The molecule has 2 aromatic carbocycles. The first-order chi connectivity index (χ1) is 25.0. The van der Waals surface area contributed by atoms with Gasteiger partial charge in [0.05, 0.1) is 41.4 Å². The number of thiocarbonyl (C=S) groups is 1. The van der Waals surface area contributed by atoms with Crippen LogP contribution in [0.15, 0.2) is 42.6 Å². The molecule has 290 valence electrons. The second-order valence-corrected chi connectivity index (χ2v) is 14.3. The summed E-state index contributed by atoms with van der Waals surface area (Å²) in [6.45, 7) is 9.01. The van der Waals surface area contributed by atoms with Crippen molar-refractivity contribution >= 4 is 40.5 Å². The molecule has 2 heterocycles. The highest BCUT2D eigenvalue weighted by Gasteiger charge is 2.52. The first-order valence-electron chi connectivity index (χ1n) is 16.3. The number of hydrogen-bond donors (Lipinski definition) is 1. The number of benzene rings is 2. The van der Waals surface area contributed by atoms with Crippen molar-refractivity contribution in [3.63, 3.8) is 0 Å². The molecule has 18 heteroatoms. The fourth-order valence-electron chi connectivity index (χ4n) is 5.43. The van der Waals surface area contributed by atoms with Gasteiger partial charge < -0.3 is 19.7 Å². The molecule has 1 saturated heterocycles. The Labute approximate surface area is 310 Å². The van der Waals surface area contributed by atoms with Crippen molar-refractivity contribution in [2.24, 2.45) is 5.41 Å². The largest absolute Gasteiger partial charge is 0.494 e. The van der Waals surface area contributed by atoms with Gasteiger partial charge in [0.25, 0.3) is 5.91 Å². The normalized spacial score (nSPS) is 14.7. The highest BCUT2D eigenvalue weighted by atomic mass is 32.1. The van der Waals surface area contributed by atoms with Crippen LogP contribution in [0.3, 0.4) is 0 Å². The van der Waals surface area contributed by atoms with E-state index in [1.54, 1.807) is 0 Å². The highest BCUT2D eigenvalue weighted by Crippen LogP contribution is 2.43. The third-order valence-electron chi connectivity index (χ3n) is 8.07. The standard InChI is InChI=1S/C36H35F8N5O4S/c1-33(2,3)19-47-27(50)18-52-12-6-7-13-53-22-9-10-23(24(15-22)35(39,40)41)30-25(37)14-21(17-46-30)49-32(54)48(31(51)34(49,4)5)26-11-8-20(16-45)28(29(26)38)36(42,43)44/h8-11,14-15,17H,6-7,12-13,18-19H2,1-5H3,(H,47,50). The van der Waals surface area contributed by atoms with Crippen molar-refractivity contribution < 1.29 is 54.2 Å². The van der Waals surface area contributed by atoms with Crippen LogP contribution in [0.1, 0.15) is 64.2 Å². The number of nitrogens with one attached hydrogen (secondary N) is 1. The molecule has 0 atom stereocenters. The molecule has 1 N–H and O–H groups in total. The minimum atomic E-state index is -5.31. The molecule has 54 heavy (non-hydrogen) atoms. The molecule has 0 saturated carbocycles. The maximum atomic E-state index is 15.7. The number of pyridine rings is 1. The number of nitrogens with zero attached hydrogens (tertiary/aromatic N) is 4. The van der Waals surface area contributed by atoms with E-state index in [0.717, 1.165) is 29.3 Å². The van der Waals surface area contributed by atoms with Gasteiger partial charge in [0.1, 0.15) is 29.2 Å². The molecule has 0 unspecified atom stereocenters. The van der Waals surface area contributed by atoms with E-state index in [9.17, 15) is 35.9 Å². The van der Waals surface area contributed by atoms with Crippen molar-refractivity contribution in [3.8, 4) is 23.1 Å². The third kappa shape index (κ3) is 9.24. The van der Waals surface area contributed by atoms with Gasteiger partial charge in [-0.15, -0.1) is 0 Å². The number of aromatic nitrogens is 1. The number of unbranched alkanes of at least 4 members (excludes halogenated alkanes) is 1. The average Bonchev–Trinajstić information content (AvgIpc) is 3.23. The summed E-state index contributed by atoms with van der Waals surface area (Å²) >= 11 is 5.34. The summed E-state index contributed by atoms with van der Waals surface area (Å²) in [6.07, 6.45) is -8.53. The summed E-state index contributed by atoms with van der Waals surface area (Å²) in [6, 6.07) is 6.31. The van der Waals surface area contributed by atoms with Crippen LogP contribution in [0, 0.1) is 28.4 Å². The second-order valence-electron chi connectivity index (χ2n) is 13.9. The van der Waals surface area contributed by atoms with E-state index in [-0.39, 0.29) is 42.6 Å². The van der Waals surface area contributed by atoms with E-state index in [4.69, 9.17) is 27.0 Å². The van der Waals surface area contributed by atoms with E-state index >= 15 is 8.78 Å². The van der Waals surface area contributed by atoms with Gasteiger partial charge in [0.15, 0.2) is 16.7 Å². The molecule has 1 fully saturated rings. The number of carbonyl (C=O) groups excluding carboxylic acids is 2. The lowest BCUT2D eigenvalue weighted by Crippen LogP contribution is -2.44. The van der Waals surface area contributed by atoms with E-state index in [1.807, 2.05) is 20.8 Å². The lowest BCUT2D eigenvalue weighted by Gasteiger charge is -2.29. The molecular weight excluding hydrogens is 750 g/mol. The van der Waals surface area contributed by atoms with Gasteiger partial charge in [0, 0.05) is 24.8 Å². The maximum Gasteiger partial charge on any atom is 0.420 e. The van der Waals surface area contributed by atoms with Gasteiger partial charge in [-0.1, -0.05) is 20.8 Å². The van der Waals surface area contributed by atoms with Crippen LogP contribution in [-0.2, 0) is 26.7 Å². The van der Waals surface area contributed by atoms with Crippen molar-refractivity contribution in [2.75, 3.05) is 36.2 Å². The molecule has 3 aromatic rings. The predicted octanol–water partition coefficient (Wildman–Crippen LogP) is 8.19. The summed E-state index contributed by atoms with van der Waals surface area (Å²) in [4.78, 5) is 30.6. The topological polar surface area (TPSA) is 108 Å². The number of hydrogen-bond acceptors (Lipinski definition) is 7. The molecule has 0 aliphatic carbocycles. The first-order valence-corrected chi connectivity index (χ1v) is 16.7. The Kier molecular flexibility index (Phi) is 12.3. The number of alkyl halides is 6. The van der Waals surface area contributed by atoms with Gasteiger partial charge in [-0.3, -0.25) is 19.5 Å². The van der Waals surface area contributed by atoms with Crippen LogP contribution < -0.4 is 19.9 Å². The Morgan fingerprint density at radius 3 is 2.26 bits per heavy atom. The summed E-state index contributed by atoms with van der Waals surface area (Å²) in [5.41, 5.74) is -8.62. The first kappa shape index (κ1) is 41.9. The molecule has 0 spiro atoms. The fraction of sp³-hybridized carbons (Fsp3) is 0.417. The van der Waals surface area contributed by atoms with Crippen molar-refractivity contribution in [3.05, 3.63) is 70.9 Å². The average molecular weight is 786 g/mol. The van der Waals surface area contributed by atoms with Crippen LogP contribution in [0.4, 0.5) is 46.5 Å². The van der Waals surface area contributed by atoms with Gasteiger partial charge in [-0.25, -0.2) is 8.78 Å². The quantitative estimate of drug-likeness (QED) is 0.111. The molecular formula is C36H35F8N5O4S. The number of nitriles is 1. The molecule has 1 aromatic heterocycles. The minimum absolute atomic E-state index is 0.0166. The second kappa shape index (κ2) is 15.8. The zero-order valence-corrected chi connectivity index (χ0v) is 30.5. The summed E-state index contributed by atoms with van der Waals surface area (Å²) in [5.74, 6) is -4.66. The van der Waals surface area contributed by atoms with Crippen molar-refractivity contribution in [1.82, 2.24) is 10.3 Å². The number of anilines is 2. The van der Waals surface area contributed by atoms with Crippen molar-refractivity contribution in [1.29, 1.82) is 5.26 Å². The van der Waals surface area contributed by atoms with Gasteiger partial charge in [-0.05, 0) is 74.7 Å². The Hall–Kier alpha value is -4.89. The molecule has 2 amide bonds. The number of halogens is 8. The van der Waals surface area contributed by atoms with E-state index in [0.29, 0.717) is 36.4 Å². The van der Waals surface area contributed by atoms with Crippen LogP contribution in [0.5, 0.6) is 5.75 Å². The monoisotopic (exact) mass is 785 g/mol. The third-order valence-corrected chi connectivity index (χ3v) is 8.44. The van der Waals surface area contributed by atoms with Gasteiger partial charge in [-0.2, -0.15) is 31.6 Å². The Morgan fingerprint density at radius 1 is 1.00 bits per heavy atom. The number of ether oxygens (including phenoxy) is 2. The molecule has 4 rings (SSSR count). The van der Waals surface area contributed by atoms with Crippen molar-refractivity contribution in [2.45, 2.75) is 65.4 Å². The van der Waals surface area contributed by atoms with Crippen LogP contribution in [0.2, 0.25) is 0 Å². The Balaban J connectivity index is 1.51. The van der Waals surface area contributed by atoms with E-state index in [2.05, 4.69) is 10.3 Å². The summed E-state index contributed by atoms with van der Waals surface area (Å²) in [7, 11) is 0. The van der Waals surface area contributed by atoms with Gasteiger partial charge in [0.2, 0.25) is 5.91 Å². The van der Waals surface area contributed by atoms with E-state index < -0.39 is 74.2 Å². The SMILES string of the molecule is CC(C)(C)CNC(=O)COCCCCOc1ccc(-c2ncc(N3C(=S)N(c4ccc(C#N)c(C(F)(F)F)c4F)C(=O)C3(C)C)cc2F)c(C(F)(F)F)c1. The maximum absolute atomic E-state index is 15.7. The Morgan fingerprint density at radius 2 is 1.67 bits per heavy atom. The minimum Gasteiger partial charge on any atom is -0.494 e. The summed E-state index contributed by atoms with van der Waals surface area (Å²) in [5, 5.41) is 11.3. The number of rotatable bonds is 12. The fourth-order valence-corrected chi connectivity index (χ4v) is 5.94. The van der Waals surface area contributed by atoms with Crippen LogP contribution in [0.25, 0.3) is 11.3 Å². The molecule has 1 aliphatic rings. The lowest BCUT2D eigenvalue weighted by atomic mass is 9.97. The zero-order valence-electron chi connectivity index (χ0n) is 29.6. The number of amides is 2. The predicted molar refractivity (Wildman–Crippen MR) is 185 cm³/mol. The number of carbonyl (C=O) groups is 2. The molecule has 9 nitrogen and oxygen atoms in total. The van der Waals surface area contributed by atoms with Gasteiger partial charge >= 0.3 is 12.4 Å². The molecule has 0 bridgehead atoms. The zero-order chi connectivity index (χ0) is 40.4. The molecule has 0 radical (unpaired) electrons. The smallest absolute Gasteiger partial charge is 0.420 e. The highest BCUT2D eigenvalue weighted by molar-refractivity contribution is 7.81. The molecule has 1 aliphatic heterocycles. The van der Waals surface area contributed by atoms with Crippen LogP contribution >= 0.6 is 12.2 Å². The lowest BCUT2D eigenvalue weighted by molar-refractivity contribution is -0.140.